The maximum atomic E-state index is 12.8. The highest BCUT2D eigenvalue weighted by molar-refractivity contribution is 5.89. The number of aromatic nitrogens is 2. The molecule has 0 saturated carbocycles. The Morgan fingerprint density at radius 3 is 2.19 bits per heavy atom. The molecule has 4 aromatic carbocycles. The molecule has 0 N–H and O–H groups in total. The molecule has 37 heavy (non-hydrogen) atoms. The van der Waals surface area contributed by atoms with Crippen LogP contribution >= 0.6 is 0 Å². The zero-order chi connectivity index (χ0) is 25.6. The minimum absolute atomic E-state index is 0.111. The molecule has 0 amide bonds. The third-order valence-electron chi connectivity index (χ3n) is 6.29. The van der Waals surface area contributed by atoms with Crippen LogP contribution in [-0.2, 0) is 18.0 Å². The Labute approximate surface area is 216 Å². The van der Waals surface area contributed by atoms with E-state index >= 15 is 0 Å². The Kier molecular flexibility index (Phi) is 7.13. The summed E-state index contributed by atoms with van der Waals surface area (Å²) in [5, 5.41) is 4.84. The molecule has 0 aliphatic heterocycles. The Morgan fingerprint density at radius 2 is 1.49 bits per heavy atom. The molecule has 5 aromatic rings. The van der Waals surface area contributed by atoms with E-state index in [1.54, 1.807) is 24.3 Å². The van der Waals surface area contributed by atoms with E-state index in [0.717, 1.165) is 28.1 Å². The number of nitrogens with zero attached hydrogens (tertiary/aromatic N) is 2. The lowest BCUT2D eigenvalue weighted by Crippen LogP contribution is -2.05. The maximum absolute atomic E-state index is 12.8. The lowest BCUT2D eigenvalue weighted by atomic mass is 10.0. The first kappa shape index (κ1) is 24.1. The van der Waals surface area contributed by atoms with Crippen LogP contribution in [0, 0.1) is 13.8 Å². The highest BCUT2D eigenvalue weighted by Crippen LogP contribution is 2.27. The summed E-state index contributed by atoms with van der Waals surface area (Å²) in [5.41, 5.74) is 7.52. The number of aryl methyl sites for hydroxylation is 2. The summed E-state index contributed by atoms with van der Waals surface area (Å²) in [7, 11) is 0. The molecular formula is C32H28N2O3. The van der Waals surface area contributed by atoms with Crippen molar-refractivity contribution in [2.75, 3.05) is 0 Å². The van der Waals surface area contributed by atoms with Crippen molar-refractivity contribution in [2.24, 2.45) is 0 Å². The fraction of sp³-hybridized carbons (Fsp3) is 0.125. The molecule has 1 heterocycles. The smallest absolute Gasteiger partial charge is 0.338 e. The second kappa shape index (κ2) is 11.0. The number of benzene rings is 4. The zero-order valence-electron chi connectivity index (χ0n) is 20.9. The van der Waals surface area contributed by atoms with Crippen molar-refractivity contribution >= 4 is 5.97 Å². The Bertz CT molecular complexity index is 1490. The summed E-state index contributed by atoms with van der Waals surface area (Å²) in [6, 6.07) is 33.1. The summed E-state index contributed by atoms with van der Waals surface area (Å²) in [4.78, 5) is 12.8. The third kappa shape index (κ3) is 5.78. The van der Waals surface area contributed by atoms with Crippen LogP contribution in [0.4, 0.5) is 0 Å². The number of carbonyl (C=O) groups excluding carboxylic acids is 1. The van der Waals surface area contributed by atoms with Crippen molar-refractivity contribution in [3.05, 3.63) is 137 Å². The topological polar surface area (TPSA) is 53.4 Å². The predicted molar refractivity (Wildman–Crippen MR) is 145 cm³/mol. The fourth-order valence-electron chi connectivity index (χ4n) is 4.01. The Balaban J connectivity index is 1.31. The first-order valence-electron chi connectivity index (χ1n) is 12.2. The summed E-state index contributed by atoms with van der Waals surface area (Å²) >= 11 is 0. The summed E-state index contributed by atoms with van der Waals surface area (Å²) in [5.74, 6) is 0.301. The van der Waals surface area contributed by atoms with Crippen molar-refractivity contribution in [1.29, 1.82) is 0 Å². The van der Waals surface area contributed by atoms with Gasteiger partial charge in [0, 0.05) is 17.3 Å². The average molecular weight is 489 g/mol. The Hall–Kier alpha value is -4.64. The van der Waals surface area contributed by atoms with Gasteiger partial charge in [0.2, 0.25) is 0 Å². The van der Waals surface area contributed by atoms with Gasteiger partial charge in [0.25, 0.3) is 0 Å². The number of para-hydroxylation sites is 1. The van der Waals surface area contributed by atoms with E-state index in [1.807, 2.05) is 71.5 Å². The summed E-state index contributed by atoms with van der Waals surface area (Å²) < 4.78 is 13.4. The van der Waals surface area contributed by atoms with Crippen LogP contribution in [0.1, 0.15) is 32.6 Å². The molecule has 184 valence electrons. The second-order valence-corrected chi connectivity index (χ2v) is 8.96. The van der Waals surface area contributed by atoms with Gasteiger partial charge in [0.05, 0.1) is 16.9 Å². The lowest BCUT2D eigenvalue weighted by Gasteiger charge is -2.08. The van der Waals surface area contributed by atoms with E-state index in [0.29, 0.717) is 17.9 Å². The van der Waals surface area contributed by atoms with Gasteiger partial charge in [-0.2, -0.15) is 5.10 Å². The van der Waals surface area contributed by atoms with Crippen molar-refractivity contribution in [1.82, 2.24) is 9.78 Å². The Morgan fingerprint density at radius 1 is 0.784 bits per heavy atom. The van der Waals surface area contributed by atoms with E-state index in [2.05, 4.69) is 32.0 Å². The SMILES string of the molecule is Cc1ccc(-c2nn(-c3ccccc3)cc2COC(=O)c2ccc(OCc3ccccc3)cc2)cc1C. The molecule has 0 fully saturated rings. The van der Waals surface area contributed by atoms with Crippen LogP contribution in [0.2, 0.25) is 0 Å². The standard InChI is InChI=1S/C32H28N2O3/c1-23-13-14-27(19-24(23)2)31-28(20-34(33-31)29-11-7-4-8-12-29)22-37-32(35)26-15-17-30(18-16-26)36-21-25-9-5-3-6-10-25/h3-20H,21-22H2,1-2H3. The van der Waals surface area contributed by atoms with Gasteiger partial charge in [-0.25, -0.2) is 9.48 Å². The molecule has 0 aliphatic carbocycles. The summed E-state index contributed by atoms with van der Waals surface area (Å²) in [6.07, 6.45) is 1.92. The van der Waals surface area contributed by atoms with Crippen LogP contribution < -0.4 is 4.74 Å². The highest BCUT2D eigenvalue weighted by Gasteiger charge is 2.16. The van der Waals surface area contributed by atoms with Crippen molar-refractivity contribution in [2.45, 2.75) is 27.1 Å². The largest absolute Gasteiger partial charge is 0.489 e. The van der Waals surface area contributed by atoms with Crippen LogP contribution in [0.15, 0.2) is 109 Å². The van der Waals surface area contributed by atoms with Crippen LogP contribution in [0.3, 0.4) is 0 Å². The molecule has 0 saturated heterocycles. The molecule has 0 aliphatic rings. The fourth-order valence-corrected chi connectivity index (χ4v) is 4.01. The molecular weight excluding hydrogens is 460 g/mol. The first-order valence-corrected chi connectivity index (χ1v) is 12.2. The molecule has 0 unspecified atom stereocenters. The third-order valence-corrected chi connectivity index (χ3v) is 6.29. The zero-order valence-corrected chi connectivity index (χ0v) is 20.9. The summed E-state index contributed by atoms with van der Waals surface area (Å²) in [6.45, 7) is 4.75. The molecule has 5 rings (SSSR count). The van der Waals surface area contributed by atoms with Crippen molar-refractivity contribution in [3.8, 4) is 22.7 Å². The molecule has 5 heteroatoms. The van der Waals surface area contributed by atoms with Gasteiger partial charge in [-0.3, -0.25) is 0 Å². The molecule has 0 atom stereocenters. The van der Waals surface area contributed by atoms with E-state index < -0.39 is 5.97 Å². The average Bonchev–Trinajstić information content (AvgIpc) is 3.38. The van der Waals surface area contributed by atoms with Gasteiger partial charge in [-0.1, -0.05) is 60.7 Å². The molecule has 0 spiro atoms. The number of rotatable bonds is 8. The van der Waals surface area contributed by atoms with E-state index in [-0.39, 0.29) is 6.61 Å². The van der Waals surface area contributed by atoms with Gasteiger partial charge in [0.15, 0.2) is 0 Å². The molecule has 0 bridgehead atoms. The van der Waals surface area contributed by atoms with E-state index in [9.17, 15) is 4.79 Å². The number of hydrogen-bond acceptors (Lipinski definition) is 4. The lowest BCUT2D eigenvalue weighted by molar-refractivity contribution is 0.0473. The number of esters is 1. The van der Waals surface area contributed by atoms with Gasteiger partial charge in [0.1, 0.15) is 19.0 Å². The highest BCUT2D eigenvalue weighted by atomic mass is 16.5. The predicted octanol–water partition coefficient (Wildman–Crippen LogP) is 7.09. The normalized spacial score (nSPS) is 10.8. The molecule has 1 aromatic heterocycles. The van der Waals surface area contributed by atoms with Crippen molar-refractivity contribution < 1.29 is 14.3 Å². The van der Waals surface area contributed by atoms with Gasteiger partial charge < -0.3 is 9.47 Å². The van der Waals surface area contributed by atoms with Crippen molar-refractivity contribution in [3.63, 3.8) is 0 Å². The first-order chi connectivity index (χ1) is 18.1. The number of carbonyl (C=O) groups is 1. The van der Waals surface area contributed by atoms with Gasteiger partial charge in [-0.05, 0) is 73.0 Å². The van der Waals surface area contributed by atoms with E-state index in [1.165, 1.54) is 11.1 Å². The van der Waals surface area contributed by atoms with Crippen LogP contribution in [0.5, 0.6) is 5.75 Å². The van der Waals surface area contributed by atoms with Crippen LogP contribution in [0.25, 0.3) is 16.9 Å². The molecule has 0 radical (unpaired) electrons. The number of ether oxygens (including phenoxy) is 2. The minimum Gasteiger partial charge on any atom is -0.489 e. The second-order valence-electron chi connectivity index (χ2n) is 8.96. The minimum atomic E-state index is -0.395. The van der Waals surface area contributed by atoms with Crippen LogP contribution in [-0.4, -0.2) is 15.7 Å². The maximum Gasteiger partial charge on any atom is 0.338 e. The quantitative estimate of drug-likeness (QED) is 0.219. The van der Waals surface area contributed by atoms with Gasteiger partial charge >= 0.3 is 5.97 Å². The van der Waals surface area contributed by atoms with E-state index in [4.69, 9.17) is 14.6 Å². The molecule has 5 nitrogen and oxygen atoms in total. The number of hydrogen-bond donors (Lipinski definition) is 0. The van der Waals surface area contributed by atoms with Gasteiger partial charge in [-0.15, -0.1) is 0 Å². The monoisotopic (exact) mass is 488 g/mol.